The molecule has 1 aliphatic rings. The summed E-state index contributed by atoms with van der Waals surface area (Å²) in [6, 6.07) is 15.2. The summed E-state index contributed by atoms with van der Waals surface area (Å²) in [6.07, 6.45) is 4.07. The molecule has 0 spiro atoms. The minimum absolute atomic E-state index is 0.160. The van der Waals surface area contributed by atoms with E-state index < -0.39 is 0 Å². The van der Waals surface area contributed by atoms with Gasteiger partial charge in [0.25, 0.3) is 0 Å². The standard InChI is InChI=1S/C20H18N4O/c21-12-4-14-24(19-10-11-19)20(25)23-18-7-3-5-16(15-18)8-9-17-6-1-2-13-22-17/h1-3,5-7,13,15,19H,4,10-11,14H2,(H,23,25). The molecule has 3 rings (SSSR count). The zero-order valence-electron chi connectivity index (χ0n) is 13.8. The molecule has 1 saturated carbocycles. The Bertz CT molecular complexity index is 841. The van der Waals surface area contributed by atoms with Crippen LogP contribution in [0, 0.1) is 23.2 Å². The van der Waals surface area contributed by atoms with E-state index >= 15 is 0 Å². The van der Waals surface area contributed by atoms with Crippen molar-refractivity contribution < 1.29 is 4.79 Å². The minimum Gasteiger partial charge on any atom is -0.321 e. The SMILES string of the molecule is N#CCCN(C(=O)Nc1cccc(C#Cc2ccccn2)c1)C1CC1. The van der Waals surface area contributed by atoms with Gasteiger partial charge in [0.05, 0.1) is 12.5 Å². The van der Waals surface area contributed by atoms with Crippen molar-refractivity contribution in [2.45, 2.75) is 25.3 Å². The molecular weight excluding hydrogens is 312 g/mol. The van der Waals surface area contributed by atoms with Crippen molar-refractivity contribution in [2.24, 2.45) is 0 Å². The number of rotatable bonds is 4. The van der Waals surface area contributed by atoms with Crippen LogP contribution in [0.5, 0.6) is 0 Å². The third-order valence-corrected chi connectivity index (χ3v) is 3.83. The fourth-order valence-electron chi connectivity index (χ4n) is 2.45. The predicted molar refractivity (Wildman–Crippen MR) is 95.6 cm³/mol. The average Bonchev–Trinajstić information content (AvgIpc) is 3.47. The van der Waals surface area contributed by atoms with Gasteiger partial charge in [-0.15, -0.1) is 0 Å². The van der Waals surface area contributed by atoms with Crippen LogP contribution >= 0.6 is 0 Å². The summed E-state index contributed by atoms with van der Waals surface area (Å²) >= 11 is 0. The first-order valence-electron chi connectivity index (χ1n) is 8.24. The number of hydrogen-bond donors (Lipinski definition) is 1. The predicted octanol–water partition coefficient (Wildman–Crippen LogP) is 3.39. The van der Waals surface area contributed by atoms with Gasteiger partial charge in [-0.1, -0.05) is 18.1 Å². The van der Waals surface area contributed by atoms with E-state index in [2.05, 4.69) is 28.2 Å². The molecular formula is C20H18N4O. The second kappa shape index (κ2) is 7.99. The largest absolute Gasteiger partial charge is 0.322 e. The number of nitrogens with one attached hydrogen (secondary N) is 1. The monoisotopic (exact) mass is 330 g/mol. The van der Waals surface area contributed by atoms with Crippen molar-refractivity contribution >= 4 is 11.7 Å². The van der Waals surface area contributed by atoms with Gasteiger partial charge in [-0.25, -0.2) is 9.78 Å². The van der Waals surface area contributed by atoms with Crippen LogP contribution in [0.1, 0.15) is 30.5 Å². The summed E-state index contributed by atoms with van der Waals surface area (Å²) in [5.74, 6) is 6.05. The lowest BCUT2D eigenvalue weighted by atomic mass is 10.2. The van der Waals surface area contributed by atoms with Crippen LogP contribution in [0.4, 0.5) is 10.5 Å². The number of amides is 2. The zero-order valence-corrected chi connectivity index (χ0v) is 13.8. The maximum absolute atomic E-state index is 12.4. The second-order valence-corrected chi connectivity index (χ2v) is 5.81. The van der Waals surface area contributed by atoms with Crippen LogP contribution in [-0.2, 0) is 0 Å². The number of carbonyl (C=O) groups is 1. The van der Waals surface area contributed by atoms with Crippen molar-refractivity contribution in [3.63, 3.8) is 0 Å². The molecule has 1 fully saturated rings. The molecule has 1 aromatic carbocycles. The molecule has 0 saturated heterocycles. The molecule has 0 aliphatic heterocycles. The molecule has 0 bridgehead atoms. The average molecular weight is 330 g/mol. The molecule has 2 aromatic rings. The highest BCUT2D eigenvalue weighted by atomic mass is 16.2. The van der Waals surface area contributed by atoms with Crippen molar-refractivity contribution in [3.05, 3.63) is 59.9 Å². The van der Waals surface area contributed by atoms with Gasteiger partial charge in [0.15, 0.2) is 0 Å². The molecule has 1 aromatic heterocycles. The third-order valence-electron chi connectivity index (χ3n) is 3.83. The lowest BCUT2D eigenvalue weighted by molar-refractivity contribution is 0.210. The summed E-state index contributed by atoms with van der Waals surface area (Å²) in [5, 5.41) is 11.7. The van der Waals surface area contributed by atoms with Crippen LogP contribution in [-0.4, -0.2) is 28.5 Å². The molecule has 1 aliphatic carbocycles. The van der Waals surface area contributed by atoms with E-state index in [4.69, 9.17) is 5.26 Å². The highest BCUT2D eigenvalue weighted by molar-refractivity contribution is 5.90. The van der Waals surface area contributed by atoms with E-state index in [1.807, 2.05) is 42.5 Å². The summed E-state index contributed by atoms with van der Waals surface area (Å²) in [6.45, 7) is 0.464. The number of aromatic nitrogens is 1. The Balaban J connectivity index is 1.68. The summed E-state index contributed by atoms with van der Waals surface area (Å²) < 4.78 is 0. The highest BCUT2D eigenvalue weighted by Crippen LogP contribution is 2.27. The van der Waals surface area contributed by atoms with Crippen molar-refractivity contribution in [1.29, 1.82) is 5.26 Å². The van der Waals surface area contributed by atoms with Crippen LogP contribution in [0.3, 0.4) is 0 Å². The number of nitrogens with zero attached hydrogens (tertiary/aromatic N) is 3. The van der Waals surface area contributed by atoms with E-state index in [1.165, 1.54) is 0 Å². The lowest BCUT2D eigenvalue weighted by Crippen LogP contribution is -2.37. The summed E-state index contributed by atoms with van der Waals surface area (Å²) in [5.41, 5.74) is 2.20. The highest BCUT2D eigenvalue weighted by Gasteiger charge is 2.32. The van der Waals surface area contributed by atoms with Gasteiger partial charge in [0.2, 0.25) is 0 Å². The van der Waals surface area contributed by atoms with Gasteiger partial charge in [-0.05, 0) is 49.1 Å². The van der Waals surface area contributed by atoms with Crippen molar-refractivity contribution in [1.82, 2.24) is 9.88 Å². The first-order chi connectivity index (χ1) is 12.3. The number of carbonyl (C=O) groups excluding carboxylic acids is 1. The van der Waals surface area contributed by atoms with E-state index in [9.17, 15) is 4.79 Å². The van der Waals surface area contributed by atoms with Crippen molar-refractivity contribution in [2.75, 3.05) is 11.9 Å². The lowest BCUT2D eigenvalue weighted by Gasteiger charge is -2.21. The van der Waals surface area contributed by atoms with Crippen LogP contribution in [0.25, 0.3) is 0 Å². The summed E-state index contributed by atoms with van der Waals surface area (Å²) in [4.78, 5) is 18.4. The zero-order chi connectivity index (χ0) is 17.5. The Labute approximate surface area is 147 Å². The Morgan fingerprint density at radius 1 is 1.24 bits per heavy atom. The molecule has 0 unspecified atom stereocenters. The van der Waals surface area contributed by atoms with Gasteiger partial charge in [-0.2, -0.15) is 5.26 Å². The molecule has 1 N–H and O–H groups in total. The molecule has 0 atom stereocenters. The minimum atomic E-state index is -0.160. The first kappa shape index (κ1) is 16.5. The Morgan fingerprint density at radius 3 is 2.84 bits per heavy atom. The van der Waals surface area contributed by atoms with E-state index in [0.717, 1.165) is 18.4 Å². The number of anilines is 1. The Kier molecular flexibility index (Phi) is 5.29. The molecule has 1 heterocycles. The van der Waals surface area contributed by atoms with Gasteiger partial charge < -0.3 is 10.2 Å². The summed E-state index contributed by atoms with van der Waals surface area (Å²) in [7, 11) is 0. The van der Waals surface area contributed by atoms with E-state index in [1.54, 1.807) is 11.1 Å². The normalized spacial score (nSPS) is 12.4. The van der Waals surface area contributed by atoms with Gasteiger partial charge >= 0.3 is 6.03 Å². The molecule has 5 nitrogen and oxygen atoms in total. The Morgan fingerprint density at radius 2 is 2.12 bits per heavy atom. The molecule has 2 amide bonds. The number of urea groups is 1. The first-order valence-corrected chi connectivity index (χ1v) is 8.24. The van der Waals surface area contributed by atoms with Crippen molar-refractivity contribution in [3.8, 4) is 17.9 Å². The topological polar surface area (TPSA) is 69.0 Å². The third kappa shape index (κ3) is 4.83. The fraction of sp³-hybridized carbons (Fsp3) is 0.250. The smallest absolute Gasteiger partial charge is 0.321 e. The maximum Gasteiger partial charge on any atom is 0.322 e. The van der Waals surface area contributed by atoms with Crippen LogP contribution < -0.4 is 5.32 Å². The number of benzene rings is 1. The number of nitriles is 1. The quantitative estimate of drug-likeness (QED) is 0.874. The molecule has 124 valence electrons. The second-order valence-electron chi connectivity index (χ2n) is 5.81. The number of hydrogen-bond acceptors (Lipinski definition) is 3. The van der Waals surface area contributed by atoms with E-state index in [-0.39, 0.29) is 12.1 Å². The van der Waals surface area contributed by atoms with E-state index in [0.29, 0.717) is 24.3 Å². The van der Waals surface area contributed by atoms with Gasteiger partial charge in [-0.3, -0.25) is 0 Å². The molecule has 0 radical (unpaired) electrons. The maximum atomic E-state index is 12.4. The Hall–Kier alpha value is -3.31. The molecule has 25 heavy (non-hydrogen) atoms. The van der Waals surface area contributed by atoms with Crippen LogP contribution in [0.2, 0.25) is 0 Å². The fourth-order valence-corrected chi connectivity index (χ4v) is 2.45. The number of pyridine rings is 1. The van der Waals surface area contributed by atoms with Gasteiger partial charge in [0.1, 0.15) is 5.69 Å². The molecule has 5 heteroatoms. The van der Waals surface area contributed by atoms with Crippen LogP contribution in [0.15, 0.2) is 48.7 Å². The van der Waals surface area contributed by atoms with Gasteiger partial charge in [0, 0.05) is 30.0 Å².